The molecule has 0 saturated heterocycles. The lowest BCUT2D eigenvalue weighted by molar-refractivity contribution is -0.389. The van der Waals surface area contributed by atoms with E-state index in [0.717, 1.165) is 12.0 Å². The maximum absolute atomic E-state index is 12.5. The summed E-state index contributed by atoms with van der Waals surface area (Å²) >= 11 is 0. The SMILES string of the molecule is CCC(NC(=O)C(C)n1nc([N+](=O)[O-])cc1C)c1ccccc1. The predicted octanol–water partition coefficient (Wildman–Crippen LogP) is 2.93. The zero-order valence-electron chi connectivity index (χ0n) is 13.4. The van der Waals surface area contributed by atoms with Gasteiger partial charge < -0.3 is 15.4 Å². The zero-order chi connectivity index (χ0) is 17.0. The minimum absolute atomic E-state index is 0.1000. The molecule has 0 aliphatic heterocycles. The van der Waals surface area contributed by atoms with Crippen LogP contribution in [0.1, 0.15) is 43.6 Å². The molecule has 7 nitrogen and oxygen atoms in total. The van der Waals surface area contributed by atoms with Crippen LogP contribution in [0.15, 0.2) is 36.4 Å². The van der Waals surface area contributed by atoms with Crippen LogP contribution in [0.2, 0.25) is 0 Å². The lowest BCUT2D eigenvalue weighted by atomic mass is 10.0. The minimum atomic E-state index is -0.624. The van der Waals surface area contributed by atoms with E-state index in [0.29, 0.717) is 5.69 Å². The van der Waals surface area contributed by atoms with Gasteiger partial charge in [-0.1, -0.05) is 37.3 Å². The summed E-state index contributed by atoms with van der Waals surface area (Å²) in [7, 11) is 0. The number of carbonyl (C=O) groups is 1. The van der Waals surface area contributed by atoms with Crippen LogP contribution in [0, 0.1) is 17.0 Å². The molecule has 1 amide bonds. The summed E-state index contributed by atoms with van der Waals surface area (Å²) in [5.41, 5.74) is 1.60. The van der Waals surface area contributed by atoms with Crippen molar-refractivity contribution < 1.29 is 9.72 Å². The van der Waals surface area contributed by atoms with Gasteiger partial charge in [-0.15, -0.1) is 0 Å². The molecule has 0 radical (unpaired) electrons. The molecule has 0 saturated carbocycles. The molecule has 1 aromatic carbocycles. The van der Waals surface area contributed by atoms with Crippen molar-refractivity contribution in [3.05, 3.63) is 57.8 Å². The van der Waals surface area contributed by atoms with Crippen molar-refractivity contribution in [2.45, 2.75) is 39.3 Å². The van der Waals surface area contributed by atoms with Crippen LogP contribution in [-0.2, 0) is 4.79 Å². The Balaban J connectivity index is 2.15. The molecule has 1 heterocycles. The van der Waals surface area contributed by atoms with Crippen LogP contribution in [-0.4, -0.2) is 20.6 Å². The van der Waals surface area contributed by atoms with Gasteiger partial charge in [-0.25, -0.2) is 0 Å². The van der Waals surface area contributed by atoms with E-state index in [1.807, 2.05) is 37.3 Å². The van der Waals surface area contributed by atoms with Crippen molar-refractivity contribution in [2.75, 3.05) is 0 Å². The molecular weight excluding hydrogens is 296 g/mol. The second kappa shape index (κ2) is 7.04. The summed E-state index contributed by atoms with van der Waals surface area (Å²) in [5.74, 6) is -0.473. The molecule has 0 aliphatic rings. The topological polar surface area (TPSA) is 90.1 Å². The molecule has 23 heavy (non-hydrogen) atoms. The summed E-state index contributed by atoms with van der Waals surface area (Å²) in [6.45, 7) is 5.36. The van der Waals surface area contributed by atoms with Gasteiger partial charge in [0, 0.05) is 0 Å². The first-order valence-electron chi connectivity index (χ1n) is 7.50. The Bertz CT molecular complexity index is 697. The fourth-order valence-corrected chi connectivity index (χ4v) is 2.46. The molecule has 7 heteroatoms. The van der Waals surface area contributed by atoms with Gasteiger partial charge in [0.1, 0.15) is 6.04 Å². The van der Waals surface area contributed by atoms with Crippen LogP contribution < -0.4 is 5.32 Å². The average molecular weight is 316 g/mol. The predicted molar refractivity (Wildman–Crippen MR) is 85.9 cm³/mol. The Kier molecular flexibility index (Phi) is 5.10. The average Bonchev–Trinajstić information content (AvgIpc) is 2.94. The maximum Gasteiger partial charge on any atom is 0.390 e. The highest BCUT2D eigenvalue weighted by molar-refractivity contribution is 5.80. The van der Waals surface area contributed by atoms with Gasteiger partial charge in [-0.05, 0) is 30.8 Å². The van der Waals surface area contributed by atoms with Crippen molar-refractivity contribution in [1.82, 2.24) is 15.1 Å². The Morgan fingerprint density at radius 2 is 2.04 bits per heavy atom. The number of nitrogens with one attached hydrogen (secondary N) is 1. The second-order valence-corrected chi connectivity index (χ2v) is 5.40. The largest absolute Gasteiger partial charge is 0.390 e. The third kappa shape index (κ3) is 3.74. The summed E-state index contributed by atoms with van der Waals surface area (Å²) in [5, 5.41) is 17.7. The molecule has 2 unspecified atom stereocenters. The van der Waals surface area contributed by atoms with Crippen LogP contribution in [0.3, 0.4) is 0 Å². The van der Waals surface area contributed by atoms with E-state index < -0.39 is 11.0 Å². The Hall–Kier alpha value is -2.70. The van der Waals surface area contributed by atoms with E-state index in [1.165, 1.54) is 10.7 Å². The van der Waals surface area contributed by atoms with Crippen LogP contribution in [0.25, 0.3) is 0 Å². The number of nitrogens with zero attached hydrogens (tertiary/aromatic N) is 3. The van der Waals surface area contributed by atoms with Crippen molar-refractivity contribution in [2.24, 2.45) is 0 Å². The van der Waals surface area contributed by atoms with Crippen LogP contribution >= 0.6 is 0 Å². The van der Waals surface area contributed by atoms with Gasteiger partial charge in [0.15, 0.2) is 0 Å². The van der Waals surface area contributed by atoms with Crippen molar-refractivity contribution in [3.8, 4) is 0 Å². The van der Waals surface area contributed by atoms with Crippen LogP contribution in [0.4, 0.5) is 5.82 Å². The first-order valence-corrected chi connectivity index (χ1v) is 7.50. The third-order valence-corrected chi connectivity index (χ3v) is 3.77. The van der Waals surface area contributed by atoms with Gasteiger partial charge in [0.2, 0.25) is 5.91 Å². The van der Waals surface area contributed by atoms with E-state index in [4.69, 9.17) is 0 Å². The lowest BCUT2D eigenvalue weighted by Crippen LogP contribution is -2.34. The molecule has 0 bridgehead atoms. The second-order valence-electron chi connectivity index (χ2n) is 5.40. The van der Waals surface area contributed by atoms with Gasteiger partial charge in [-0.2, -0.15) is 4.68 Å². The normalized spacial score (nSPS) is 13.3. The smallest absolute Gasteiger partial charge is 0.358 e. The summed E-state index contributed by atoms with van der Waals surface area (Å²) < 4.78 is 1.38. The number of rotatable bonds is 6. The Morgan fingerprint density at radius 3 is 2.57 bits per heavy atom. The number of carbonyl (C=O) groups excluding carboxylic acids is 1. The zero-order valence-corrected chi connectivity index (χ0v) is 13.4. The first kappa shape index (κ1) is 16.7. The quantitative estimate of drug-likeness (QED) is 0.655. The van der Waals surface area contributed by atoms with E-state index in [9.17, 15) is 14.9 Å². The molecular formula is C16H20N4O3. The fourth-order valence-electron chi connectivity index (χ4n) is 2.46. The molecule has 2 atom stereocenters. The van der Waals surface area contributed by atoms with Crippen molar-refractivity contribution in [3.63, 3.8) is 0 Å². The summed E-state index contributed by atoms with van der Waals surface area (Å²) in [4.78, 5) is 22.7. The highest BCUT2D eigenvalue weighted by atomic mass is 16.6. The molecule has 2 rings (SSSR count). The Labute approximate surface area is 134 Å². The maximum atomic E-state index is 12.5. The highest BCUT2D eigenvalue weighted by Crippen LogP contribution is 2.20. The molecule has 0 spiro atoms. The van der Waals surface area contributed by atoms with Crippen molar-refractivity contribution >= 4 is 11.7 Å². The van der Waals surface area contributed by atoms with E-state index in [1.54, 1.807) is 13.8 Å². The van der Waals surface area contributed by atoms with E-state index in [-0.39, 0.29) is 17.8 Å². The van der Waals surface area contributed by atoms with Gasteiger partial charge in [0.25, 0.3) is 0 Å². The highest BCUT2D eigenvalue weighted by Gasteiger charge is 2.26. The van der Waals surface area contributed by atoms with Crippen molar-refractivity contribution in [1.29, 1.82) is 0 Å². The molecule has 0 aliphatic carbocycles. The number of amides is 1. The monoisotopic (exact) mass is 316 g/mol. The molecule has 1 N–H and O–H groups in total. The Morgan fingerprint density at radius 1 is 1.39 bits per heavy atom. The summed E-state index contributed by atoms with van der Waals surface area (Å²) in [6, 6.07) is 10.3. The van der Waals surface area contributed by atoms with Gasteiger partial charge in [0.05, 0.1) is 22.9 Å². The van der Waals surface area contributed by atoms with Gasteiger partial charge >= 0.3 is 5.82 Å². The fraction of sp³-hybridized carbons (Fsp3) is 0.375. The number of aryl methyl sites for hydroxylation is 1. The van der Waals surface area contributed by atoms with Crippen LogP contribution in [0.5, 0.6) is 0 Å². The standard InChI is InChI=1S/C16H20N4O3/c1-4-14(13-8-6-5-7-9-13)17-16(21)12(3)19-11(2)10-15(18-19)20(22)23/h5-10,12,14H,4H2,1-3H3,(H,17,21). The van der Waals surface area contributed by atoms with E-state index in [2.05, 4.69) is 10.4 Å². The number of nitro groups is 1. The van der Waals surface area contributed by atoms with Gasteiger partial charge in [-0.3, -0.25) is 4.79 Å². The number of aromatic nitrogens is 2. The number of benzene rings is 1. The molecule has 122 valence electrons. The van der Waals surface area contributed by atoms with E-state index >= 15 is 0 Å². The lowest BCUT2D eigenvalue weighted by Gasteiger charge is -2.20. The summed E-state index contributed by atoms with van der Waals surface area (Å²) in [6.07, 6.45) is 0.751. The third-order valence-electron chi connectivity index (χ3n) is 3.77. The number of hydrogen-bond donors (Lipinski definition) is 1. The number of hydrogen-bond acceptors (Lipinski definition) is 4. The molecule has 2 aromatic rings. The molecule has 0 fully saturated rings. The molecule has 1 aromatic heterocycles. The minimum Gasteiger partial charge on any atom is -0.358 e. The first-order chi connectivity index (χ1) is 10.9.